The van der Waals surface area contributed by atoms with Crippen LogP contribution in [0, 0.1) is 0 Å². The highest BCUT2D eigenvalue weighted by Gasteiger charge is 2.10. The van der Waals surface area contributed by atoms with E-state index in [0.29, 0.717) is 11.6 Å². The number of aromatic nitrogens is 2. The summed E-state index contributed by atoms with van der Waals surface area (Å²) in [4.78, 5) is 21.1. The van der Waals surface area contributed by atoms with Crippen molar-refractivity contribution in [2.24, 2.45) is 5.84 Å². The predicted octanol–water partition coefficient (Wildman–Crippen LogP) is -0.175. The van der Waals surface area contributed by atoms with Gasteiger partial charge >= 0.3 is 0 Å². The number of nitrogens with zero attached hydrogens (tertiary/aromatic N) is 3. The van der Waals surface area contributed by atoms with E-state index in [0.717, 1.165) is 12.0 Å². The lowest BCUT2D eigenvalue weighted by molar-refractivity contribution is -0.126. The highest BCUT2D eigenvalue weighted by molar-refractivity contribution is 5.80. The van der Waals surface area contributed by atoms with E-state index in [2.05, 4.69) is 20.7 Å². The van der Waals surface area contributed by atoms with Gasteiger partial charge in [0.15, 0.2) is 0 Å². The molecule has 0 radical (unpaired) electrons. The zero-order valence-corrected chi connectivity index (χ0v) is 10.3. The van der Waals surface area contributed by atoms with Crippen LogP contribution in [0.2, 0.25) is 0 Å². The summed E-state index contributed by atoms with van der Waals surface area (Å²) >= 11 is 0. The molecule has 1 aromatic heterocycles. The summed E-state index contributed by atoms with van der Waals surface area (Å²) < 4.78 is 0. The third kappa shape index (κ3) is 3.28. The van der Waals surface area contributed by atoms with Crippen molar-refractivity contribution in [2.45, 2.75) is 13.3 Å². The maximum atomic E-state index is 11.4. The molecule has 4 N–H and O–H groups in total. The SMILES string of the molecule is CCc1c(NN)ncnc1NCC(=O)N(C)C. The number of carbonyl (C=O) groups excluding carboxylic acids is 1. The Bertz CT molecular complexity index is 392. The summed E-state index contributed by atoms with van der Waals surface area (Å²) in [6.07, 6.45) is 2.12. The maximum absolute atomic E-state index is 11.4. The van der Waals surface area contributed by atoms with Gasteiger partial charge in [0.05, 0.1) is 6.54 Å². The first kappa shape index (κ1) is 13.2. The Morgan fingerprint density at radius 1 is 1.41 bits per heavy atom. The van der Waals surface area contributed by atoms with Gasteiger partial charge in [-0.3, -0.25) is 4.79 Å². The number of hydrazine groups is 1. The van der Waals surface area contributed by atoms with Crippen LogP contribution < -0.4 is 16.6 Å². The van der Waals surface area contributed by atoms with Crippen LogP contribution >= 0.6 is 0 Å². The fourth-order valence-electron chi connectivity index (χ4n) is 1.34. The number of amides is 1. The van der Waals surface area contributed by atoms with Crippen LogP contribution in [0.5, 0.6) is 0 Å². The Morgan fingerprint density at radius 2 is 2.06 bits per heavy atom. The molecule has 94 valence electrons. The quantitative estimate of drug-likeness (QED) is 0.486. The van der Waals surface area contributed by atoms with E-state index in [1.165, 1.54) is 11.2 Å². The van der Waals surface area contributed by atoms with Crippen molar-refractivity contribution in [3.8, 4) is 0 Å². The van der Waals surface area contributed by atoms with Crippen LogP contribution in [0.15, 0.2) is 6.33 Å². The Balaban J connectivity index is 2.80. The second-order valence-corrected chi connectivity index (χ2v) is 3.69. The first-order valence-corrected chi connectivity index (χ1v) is 5.34. The Kier molecular flexibility index (Phi) is 4.65. The molecule has 17 heavy (non-hydrogen) atoms. The van der Waals surface area contributed by atoms with Crippen molar-refractivity contribution in [2.75, 3.05) is 31.4 Å². The summed E-state index contributed by atoms with van der Waals surface area (Å²) in [5.74, 6) is 6.54. The third-order valence-electron chi connectivity index (χ3n) is 2.34. The van der Waals surface area contributed by atoms with Crippen LogP contribution in [0.3, 0.4) is 0 Å². The minimum atomic E-state index is -0.0204. The van der Waals surface area contributed by atoms with E-state index >= 15 is 0 Å². The molecule has 0 saturated heterocycles. The number of hydrogen-bond donors (Lipinski definition) is 3. The number of anilines is 2. The average Bonchev–Trinajstić information content (AvgIpc) is 2.34. The molecule has 0 aliphatic heterocycles. The second-order valence-electron chi connectivity index (χ2n) is 3.69. The molecule has 0 saturated carbocycles. The van der Waals surface area contributed by atoms with Crippen LogP contribution in [-0.2, 0) is 11.2 Å². The highest BCUT2D eigenvalue weighted by Crippen LogP contribution is 2.18. The molecule has 1 amide bonds. The van der Waals surface area contributed by atoms with E-state index < -0.39 is 0 Å². The summed E-state index contributed by atoms with van der Waals surface area (Å²) in [6, 6.07) is 0. The van der Waals surface area contributed by atoms with Gasteiger partial charge in [0.25, 0.3) is 0 Å². The number of nitrogen functional groups attached to an aromatic ring is 1. The Labute approximate surface area is 100 Å². The third-order valence-corrected chi connectivity index (χ3v) is 2.34. The molecular formula is C10H18N6O. The van der Waals surface area contributed by atoms with E-state index in [9.17, 15) is 4.79 Å². The Hall–Kier alpha value is -1.89. The van der Waals surface area contributed by atoms with Crippen LogP contribution in [-0.4, -0.2) is 41.4 Å². The van der Waals surface area contributed by atoms with Crippen molar-refractivity contribution in [1.82, 2.24) is 14.9 Å². The molecule has 7 heteroatoms. The van der Waals surface area contributed by atoms with Crippen LogP contribution in [0.4, 0.5) is 11.6 Å². The number of carbonyl (C=O) groups is 1. The molecule has 1 aromatic rings. The first-order chi connectivity index (χ1) is 8.10. The van der Waals surface area contributed by atoms with Gasteiger partial charge in [-0.05, 0) is 6.42 Å². The van der Waals surface area contributed by atoms with Crippen molar-refractivity contribution in [3.63, 3.8) is 0 Å². The van der Waals surface area contributed by atoms with Crippen LogP contribution in [0.1, 0.15) is 12.5 Å². The maximum Gasteiger partial charge on any atom is 0.241 e. The molecule has 7 nitrogen and oxygen atoms in total. The van der Waals surface area contributed by atoms with Crippen molar-refractivity contribution in [3.05, 3.63) is 11.9 Å². The average molecular weight is 238 g/mol. The molecule has 0 aromatic carbocycles. The normalized spacial score (nSPS) is 9.88. The second kappa shape index (κ2) is 6.00. The largest absolute Gasteiger partial charge is 0.361 e. The molecule has 0 aliphatic rings. The minimum absolute atomic E-state index is 0.0204. The number of likely N-dealkylation sites (N-methyl/N-ethyl adjacent to an activating group) is 1. The number of rotatable bonds is 5. The fourth-order valence-corrected chi connectivity index (χ4v) is 1.34. The fraction of sp³-hybridized carbons (Fsp3) is 0.500. The number of nitrogens with two attached hydrogens (primary N) is 1. The Morgan fingerprint density at radius 3 is 2.59 bits per heavy atom. The van der Waals surface area contributed by atoms with Crippen LogP contribution in [0.25, 0.3) is 0 Å². The van der Waals surface area contributed by atoms with Crippen molar-refractivity contribution in [1.29, 1.82) is 0 Å². The van der Waals surface area contributed by atoms with Gasteiger partial charge in [-0.15, -0.1) is 0 Å². The van der Waals surface area contributed by atoms with Crippen molar-refractivity contribution < 1.29 is 4.79 Å². The van der Waals surface area contributed by atoms with Crippen molar-refractivity contribution >= 4 is 17.5 Å². The molecule has 0 unspecified atom stereocenters. The lowest BCUT2D eigenvalue weighted by Gasteiger charge is -2.14. The topological polar surface area (TPSA) is 96.2 Å². The summed E-state index contributed by atoms with van der Waals surface area (Å²) in [5, 5.41) is 2.98. The monoisotopic (exact) mass is 238 g/mol. The zero-order valence-electron chi connectivity index (χ0n) is 10.3. The predicted molar refractivity (Wildman–Crippen MR) is 66.4 cm³/mol. The smallest absolute Gasteiger partial charge is 0.241 e. The molecule has 0 aliphatic carbocycles. The lowest BCUT2D eigenvalue weighted by atomic mass is 10.2. The zero-order chi connectivity index (χ0) is 12.8. The first-order valence-electron chi connectivity index (χ1n) is 5.34. The molecule has 0 fully saturated rings. The van der Waals surface area contributed by atoms with Gasteiger partial charge in [-0.25, -0.2) is 15.8 Å². The van der Waals surface area contributed by atoms with Gasteiger partial charge < -0.3 is 15.6 Å². The van der Waals surface area contributed by atoms with E-state index in [1.807, 2.05) is 6.92 Å². The number of hydrogen-bond acceptors (Lipinski definition) is 6. The minimum Gasteiger partial charge on any atom is -0.361 e. The summed E-state index contributed by atoms with van der Waals surface area (Å²) in [5.41, 5.74) is 3.37. The lowest BCUT2D eigenvalue weighted by Crippen LogP contribution is -2.29. The molecule has 0 spiro atoms. The molecule has 1 rings (SSSR count). The van der Waals surface area contributed by atoms with Gasteiger partial charge in [0.1, 0.15) is 18.0 Å². The van der Waals surface area contributed by atoms with E-state index in [-0.39, 0.29) is 12.5 Å². The number of nitrogens with one attached hydrogen (secondary N) is 2. The standard InChI is InChI=1S/C10H18N6O/c1-4-7-9(12-5-8(17)16(2)3)13-6-14-10(7)15-11/h6H,4-5,11H2,1-3H3,(H2,12,13,14,15). The highest BCUT2D eigenvalue weighted by atomic mass is 16.2. The molecular weight excluding hydrogens is 220 g/mol. The van der Waals surface area contributed by atoms with Gasteiger partial charge in [0.2, 0.25) is 5.91 Å². The van der Waals surface area contributed by atoms with Gasteiger partial charge in [-0.1, -0.05) is 6.92 Å². The molecule has 0 bridgehead atoms. The summed E-state index contributed by atoms with van der Waals surface area (Å²) in [6.45, 7) is 2.17. The molecule has 0 atom stereocenters. The summed E-state index contributed by atoms with van der Waals surface area (Å²) in [7, 11) is 3.41. The van der Waals surface area contributed by atoms with Gasteiger partial charge in [-0.2, -0.15) is 0 Å². The van der Waals surface area contributed by atoms with Gasteiger partial charge in [0, 0.05) is 19.7 Å². The van der Waals surface area contributed by atoms with E-state index in [4.69, 9.17) is 5.84 Å². The van der Waals surface area contributed by atoms with E-state index in [1.54, 1.807) is 14.1 Å². The molecule has 1 heterocycles.